The van der Waals surface area contributed by atoms with Gasteiger partial charge in [0.05, 0.1) is 29.7 Å². The van der Waals surface area contributed by atoms with Crippen LogP contribution in [0.3, 0.4) is 0 Å². The normalized spacial score (nSPS) is 11.5. The maximum absolute atomic E-state index is 6.15. The van der Waals surface area contributed by atoms with Crippen molar-refractivity contribution in [3.8, 4) is 17.1 Å². The molecule has 0 spiro atoms. The van der Waals surface area contributed by atoms with Crippen LogP contribution in [-0.4, -0.2) is 33.6 Å². The molecular formula is C15H15ClN8O. The quantitative estimate of drug-likeness (QED) is 0.475. The van der Waals surface area contributed by atoms with Gasteiger partial charge in [0.1, 0.15) is 0 Å². The van der Waals surface area contributed by atoms with E-state index in [9.17, 15) is 0 Å². The van der Waals surface area contributed by atoms with Crippen LogP contribution in [0, 0.1) is 0 Å². The minimum absolute atomic E-state index is 0.0968. The van der Waals surface area contributed by atoms with Crippen molar-refractivity contribution in [2.24, 2.45) is 27.2 Å². The van der Waals surface area contributed by atoms with Crippen molar-refractivity contribution < 1.29 is 4.74 Å². The highest BCUT2D eigenvalue weighted by atomic mass is 35.5. The Labute approximate surface area is 147 Å². The van der Waals surface area contributed by atoms with Gasteiger partial charge in [0.25, 0.3) is 0 Å². The Balaban J connectivity index is 2.03. The van der Waals surface area contributed by atoms with Gasteiger partial charge in [0.2, 0.25) is 11.8 Å². The number of nitrogens with two attached hydrogens (primary N) is 3. The summed E-state index contributed by atoms with van der Waals surface area (Å²) in [4.78, 5) is 12.3. The van der Waals surface area contributed by atoms with Crippen LogP contribution < -0.4 is 21.9 Å². The Morgan fingerprint density at radius 2 is 2.00 bits per heavy atom. The fraction of sp³-hybridized carbons (Fsp3) is 0.0667. The first-order valence-corrected chi connectivity index (χ1v) is 7.48. The van der Waals surface area contributed by atoms with E-state index in [0.717, 1.165) is 5.56 Å². The Bertz CT molecular complexity index is 990. The molecule has 0 aliphatic carbocycles. The van der Waals surface area contributed by atoms with Gasteiger partial charge in [0, 0.05) is 11.6 Å². The molecule has 0 radical (unpaired) electrons. The highest BCUT2D eigenvalue weighted by Gasteiger charge is 2.09. The molecule has 0 bridgehead atoms. The minimum atomic E-state index is -0.186. The number of fused-ring (bicyclic) bond motifs is 1. The van der Waals surface area contributed by atoms with Gasteiger partial charge in [-0.3, -0.25) is 0 Å². The van der Waals surface area contributed by atoms with E-state index in [1.165, 1.54) is 0 Å². The van der Waals surface area contributed by atoms with Crippen molar-refractivity contribution in [3.05, 3.63) is 41.6 Å². The first kappa shape index (κ1) is 16.5. The summed E-state index contributed by atoms with van der Waals surface area (Å²) in [6.45, 7) is 0. The number of nitrogens with zero attached hydrogens (tertiary/aromatic N) is 5. The number of ether oxygens (including phenoxy) is 1. The fourth-order valence-electron chi connectivity index (χ4n) is 2.15. The van der Waals surface area contributed by atoms with Gasteiger partial charge in [0.15, 0.2) is 11.6 Å². The molecule has 1 aromatic carbocycles. The molecule has 10 heteroatoms. The van der Waals surface area contributed by atoms with Gasteiger partial charge in [-0.1, -0.05) is 17.7 Å². The monoisotopic (exact) mass is 358 g/mol. The summed E-state index contributed by atoms with van der Waals surface area (Å²) in [7, 11) is 1.55. The van der Waals surface area contributed by atoms with Crippen molar-refractivity contribution >= 4 is 34.9 Å². The predicted molar refractivity (Wildman–Crippen MR) is 97.1 cm³/mol. The van der Waals surface area contributed by atoms with Crippen LogP contribution in [-0.2, 0) is 0 Å². The fourth-order valence-corrected chi connectivity index (χ4v) is 2.31. The third-order valence-corrected chi connectivity index (χ3v) is 3.54. The Hall–Kier alpha value is -3.33. The molecule has 25 heavy (non-hydrogen) atoms. The Kier molecular flexibility index (Phi) is 4.40. The van der Waals surface area contributed by atoms with Crippen molar-refractivity contribution in [2.75, 3.05) is 7.11 Å². The number of aromatic nitrogens is 3. The van der Waals surface area contributed by atoms with Gasteiger partial charge < -0.3 is 21.9 Å². The van der Waals surface area contributed by atoms with Gasteiger partial charge >= 0.3 is 0 Å². The summed E-state index contributed by atoms with van der Waals surface area (Å²) in [6.07, 6.45) is 1.77. The summed E-state index contributed by atoms with van der Waals surface area (Å²) in [5.74, 6) is 0.206. The van der Waals surface area contributed by atoms with E-state index in [1.54, 1.807) is 42.1 Å². The van der Waals surface area contributed by atoms with E-state index in [2.05, 4.69) is 20.1 Å². The molecule has 0 aliphatic rings. The molecule has 0 saturated carbocycles. The number of hydrogen-bond acceptors (Lipinski definition) is 4. The molecule has 0 atom stereocenters. The largest absolute Gasteiger partial charge is 0.480 e. The standard InChI is InChI=1S/C15H15ClN8O/c1-25-13-5-4-12-20-11(7-24(12)23-13)8-2-3-9(16)10(6-8)21-15(19)22-14(17)18/h2-7H,1H3,(H6,17,18,19,21,22). The maximum atomic E-state index is 6.15. The molecule has 3 rings (SSSR count). The molecule has 2 aromatic heterocycles. The highest BCUT2D eigenvalue weighted by Crippen LogP contribution is 2.30. The highest BCUT2D eigenvalue weighted by molar-refractivity contribution is 6.33. The molecule has 3 aromatic rings. The summed E-state index contributed by atoms with van der Waals surface area (Å²) in [6, 6.07) is 8.78. The summed E-state index contributed by atoms with van der Waals surface area (Å²) < 4.78 is 6.73. The van der Waals surface area contributed by atoms with Crippen LogP contribution in [0.15, 0.2) is 46.5 Å². The van der Waals surface area contributed by atoms with Crippen molar-refractivity contribution in [1.82, 2.24) is 14.6 Å². The Morgan fingerprint density at radius 3 is 2.72 bits per heavy atom. The molecule has 0 aliphatic heterocycles. The molecule has 9 nitrogen and oxygen atoms in total. The number of methoxy groups -OCH3 is 1. The molecule has 2 heterocycles. The van der Waals surface area contributed by atoms with Crippen LogP contribution in [0.25, 0.3) is 16.9 Å². The molecule has 128 valence electrons. The minimum Gasteiger partial charge on any atom is -0.480 e. The molecular weight excluding hydrogens is 344 g/mol. The van der Waals surface area contributed by atoms with E-state index in [0.29, 0.717) is 27.9 Å². The number of benzene rings is 1. The Morgan fingerprint density at radius 1 is 1.20 bits per heavy atom. The van der Waals surface area contributed by atoms with E-state index in [1.807, 2.05) is 6.07 Å². The zero-order chi connectivity index (χ0) is 18.0. The molecule has 0 amide bonds. The van der Waals surface area contributed by atoms with Gasteiger partial charge in [-0.05, 0) is 18.2 Å². The molecule has 6 N–H and O–H groups in total. The summed E-state index contributed by atoms with van der Waals surface area (Å²) in [5, 5.41) is 4.68. The van der Waals surface area contributed by atoms with E-state index in [4.69, 9.17) is 33.5 Å². The number of halogens is 1. The van der Waals surface area contributed by atoms with E-state index in [-0.39, 0.29) is 11.9 Å². The average molecular weight is 359 g/mol. The van der Waals surface area contributed by atoms with Crippen molar-refractivity contribution in [1.29, 1.82) is 0 Å². The zero-order valence-electron chi connectivity index (χ0n) is 13.2. The summed E-state index contributed by atoms with van der Waals surface area (Å²) >= 11 is 6.15. The van der Waals surface area contributed by atoms with Crippen LogP contribution in [0.4, 0.5) is 5.69 Å². The lowest BCUT2D eigenvalue weighted by atomic mass is 10.1. The second-order valence-electron chi connectivity index (χ2n) is 4.98. The van der Waals surface area contributed by atoms with Crippen LogP contribution >= 0.6 is 11.6 Å². The van der Waals surface area contributed by atoms with Gasteiger partial charge in [-0.25, -0.2) is 14.5 Å². The van der Waals surface area contributed by atoms with E-state index < -0.39 is 0 Å². The van der Waals surface area contributed by atoms with Crippen molar-refractivity contribution in [3.63, 3.8) is 0 Å². The number of hydrogen-bond donors (Lipinski definition) is 3. The molecule has 0 unspecified atom stereocenters. The predicted octanol–water partition coefficient (Wildman–Crippen LogP) is 1.28. The lowest BCUT2D eigenvalue weighted by Crippen LogP contribution is -2.26. The second kappa shape index (κ2) is 6.65. The smallest absolute Gasteiger partial charge is 0.231 e. The lowest BCUT2D eigenvalue weighted by Gasteiger charge is -2.02. The number of imidazole rings is 1. The van der Waals surface area contributed by atoms with Gasteiger partial charge in [-0.2, -0.15) is 4.99 Å². The topological polar surface area (TPSA) is 142 Å². The first-order valence-electron chi connectivity index (χ1n) is 7.10. The molecule has 0 saturated heterocycles. The third-order valence-electron chi connectivity index (χ3n) is 3.23. The second-order valence-corrected chi connectivity index (χ2v) is 5.38. The number of guanidine groups is 2. The van der Waals surface area contributed by atoms with Crippen molar-refractivity contribution in [2.45, 2.75) is 0 Å². The first-order chi connectivity index (χ1) is 12.0. The average Bonchev–Trinajstić information content (AvgIpc) is 2.99. The molecule has 0 fully saturated rings. The zero-order valence-corrected chi connectivity index (χ0v) is 14.0. The van der Waals surface area contributed by atoms with E-state index >= 15 is 0 Å². The number of rotatable bonds is 3. The number of aliphatic imine (C=N–C) groups is 2. The van der Waals surface area contributed by atoms with Crippen LogP contribution in [0.1, 0.15) is 0 Å². The third kappa shape index (κ3) is 3.61. The van der Waals surface area contributed by atoms with Gasteiger partial charge in [-0.15, -0.1) is 5.10 Å². The SMILES string of the molecule is COc1ccc2nc(-c3ccc(Cl)c(N=C(N)N=C(N)N)c3)cn2n1. The van der Waals surface area contributed by atoms with Crippen LogP contribution in [0.5, 0.6) is 5.88 Å². The maximum Gasteiger partial charge on any atom is 0.231 e. The van der Waals surface area contributed by atoms with Crippen LogP contribution in [0.2, 0.25) is 5.02 Å². The lowest BCUT2D eigenvalue weighted by molar-refractivity contribution is 0.390. The summed E-state index contributed by atoms with van der Waals surface area (Å²) in [5.41, 5.74) is 18.8.